The summed E-state index contributed by atoms with van der Waals surface area (Å²) < 4.78 is 43.0. The summed E-state index contributed by atoms with van der Waals surface area (Å²) in [5, 5.41) is 0. The summed E-state index contributed by atoms with van der Waals surface area (Å²) >= 11 is 0. The van der Waals surface area contributed by atoms with Crippen molar-refractivity contribution in [2.24, 2.45) is 0 Å². The predicted molar refractivity (Wildman–Crippen MR) is 59.1 cm³/mol. The lowest BCUT2D eigenvalue weighted by Gasteiger charge is -2.17. The Morgan fingerprint density at radius 3 is 2.18 bits per heavy atom. The van der Waals surface area contributed by atoms with Crippen molar-refractivity contribution in [2.45, 2.75) is 45.9 Å². The first-order chi connectivity index (χ1) is 7.71. The van der Waals surface area contributed by atoms with E-state index in [0.29, 0.717) is 5.56 Å². The van der Waals surface area contributed by atoms with Crippen LogP contribution in [0.3, 0.4) is 0 Å². The van der Waals surface area contributed by atoms with Crippen molar-refractivity contribution in [2.75, 3.05) is 0 Å². The second-order valence-corrected chi connectivity index (χ2v) is 4.44. The van der Waals surface area contributed by atoms with Gasteiger partial charge in [0.1, 0.15) is 0 Å². The topological polar surface area (TPSA) is 22.1 Å². The van der Waals surface area contributed by atoms with E-state index in [1.54, 1.807) is 0 Å². The van der Waals surface area contributed by atoms with Crippen LogP contribution in [0.1, 0.15) is 44.7 Å². The highest BCUT2D eigenvalue weighted by Crippen LogP contribution is 2.33. The molecule has 17 heavy (non-hydrogen) atoms. The van der Waals surface area contributed by atoms with Gasteiger partial charge in [-0.1, -0.05) is 13.8 Å². The molecular formula is C12H16F3NO. The molecule has 0 fully saturated rings. The SMILES string of the molecule is CC(C)Oc1ncc(C(F)(F)F)cc1C(C)C. The molecule has 1 aromatic heterocycles. The van der Waals surface area contributed by atoms with Gasteiger partial charge in [-0.3, -0.25) is 0 Å². The maximum absolute atomic E-state index is 12.5. The van der Waals surface area contributed by atoms with E-state index in [-0.39, 0.29) is 17.9 Å². The third kappa shape index (κ3) is 3.61. The van der Waals surface area contributed by atoms with E-state index in [9.17, 15) is 13.2 Å². The van der Waals surface area contributed by atoms with E-state index in [1.165, 1.54) is 0 Å². The standard InChI is InChI=1S/C12H16F3NO/c1-7(2)10-5-9(12(13,14)15)6-16-11(10)17-8(3)4/h5-8H,1-4H3. The lowest BCUT2D eigenvalue weighted by molar-refractivity contribution is -0.137. The van der Waals surface area contributed by atoms with Crippen LogP contribution in [0.2, 0.25) is 0 Å². The molecule has 0 unspecified atom stereocenters. The van der Waals surface area contributed by atoms with Gasteiger partial charge in [0.15, 0.2) is 0 Å². The maximum Gasteiger partial charge on any atom is 0.417 e. The van der Waals surface area contributed by atoms with Crippen molar-refractivity contribution in [3.05, 3.63) is 23.4 Å². The Morgan fingerprint density at radius 1 is 1.18 bits per heavy atom. The first-order valence-corrected chi connectivity index (χ1v) is 5.45. The Morgan fingerprint density at radius 2 is 1.76 bits per heavy atom. The minimum Gasteiger partial charge on any atom is -0.475 e. The van der Waals surface area contributed by atoms with Crippen LogP contribution in [0.4, 0.5) is 13.2 Å². The monoisotopic (exact) mass is 247 g/mol. The minimum absolute atomic E-state index is 0.0708. The number of hydrogen-bond acceptors (Lipinski definition) is 2. The van der Waals surface area contributed by atoms with Gasteiger partial charge < -0.3 is 4.74 Å². The summed E-state index contributed by atoms with van der Waals surface area (Å²) in [4.78, 5) is 3.76. The molecule has 0 aliphatic heterocycles. The number of halogens is 3. The van der Waals surface area contributed by atoms with Crippen molar-refractivity contribution in [3.8, 4) is 5.88 Å². The van der Waals surface area contributed by atoms with Gasteiger partial charge in [-0.05, 0) is 25.8 Å². The number of rotatable bonds is 3. The zero-order valence-electron chi connectivity index (χ0n) is 10.3. The van der Waals surface area contributed by atoms with Crippen molar-refractivity contribution in [3.63, 3.8) is 0 Å². The highest BCUT2D eigenvalue weighted by atomic mass is 19.4. The van der Waals surface area contributed by atoms with Crippen LogP contribution in [0.25, 0.3) is 0 Å². The van der Waals surface area contributed by atoms with E-state index >= 15 is 0 Å². The van der Waals surface area contributed by atoms with Crippen LogP contribution < -0.4 is 4.74 Å². The van der Waals surface area contributed by atoms with Crippen molar-refractivity contribution >= 4 is 0 Å². The van der Waals surface area contributed by atoms with E-state index in [2.05, 4.69) is 4.98 Å². The molecule has 0 aliphatic rings. The smallest absolute Gasteiger partial charge is 0.417 e. The molecule has 0 radical (unpaired) electrons. The van der Waals surface area contributed by atoms with E-state index in [0.717, 1.165) is 12.3 Å². The molecule has 0 amide bonds. The summed E-state index contributed by atoms with van der Waals surface area (Å²) in [7, 11) is 0. The Hall–Kier alpha value is -1.26. The number of hydrogen-bond donors (Lipinski definition) is 0. The molecule has 0 saturated carbocycles. The molecule has 5 heteroatoms. The van der Waals surface area contributed by atoms with E-state index < -0.39 is 11.7 Å². The number of nitrogens with zero attached hydrogens (tertiary/aromatic N) is 1. The van der Waals surface area contributed by atoms with Gasteiger partial charge in [-0.25, -0.2) is 4.98 Å². The second kappa shape index (κ2) is 4.94. The lowest BCUT2D eigenvalue weighted by atomic mass is 10.0. The average Bonchev–Trinajstić information content (AvgIpc) is 2.15. The summed E-state index contributed by atoms with van der Waals surface area (Å²) in [6, 6.07) is 1.11. The van der Waals surface area contributed by atoms with Crippen LogP contribution in [-0.2, 0) is 6.18 Å². The Kier molecular flexibility index (Phi) is 4.01. The Bertz CT molecular complexity index is 386. The first kappa shape index (κ1) is 13.8. The summed E-state index contributed by atoms with van der Waals surface area (Å²) in [5.41, 5.74) is -0.258. The largest absolute Gasteiger partial charge is 0.475 e. The predicted octanol–water partition coefficient (Wildman–Crippen LogP) is 4.01. The molecule has 1 heterocycles. The van der Waals surface area contributed by atoms with Crippen LogP contribution in [0, 0.1) is 0 Å². The number of aromatic nitrogens is 1. The van der Waals surface area contributed by atoms with E-state index in [4.69, 9.17) is 4.74 Å². The molecule has 0 saturated heterocycles. The first-order valence-electron chi connectivity index (χ1n) is 5.45. The van der Waals surface area contributed by atoms with Crippen molar-refractivity contribution in [1.29, 1.82) is 0 Å². The molecular weight excluding hydrogens is 231 g/mol. The fraction of sp³-hybridized carbons (Fsp3) is 0.583. The normalized spacial score (nSPS) is 12.3. The summed E-state index contributed by atoms with van der Waals surface area (Å²) in [6.07, 6.45) is -3.67. The molecule has 1 aromatic rings. The molecule has 0 atom stereocenters. The molecule has 0 N–H and O–H groups in total. The van der Waals surface area contributed by atoms with Gasteiger partial charge in [0, 0.05) is 11.8 Å². The third-order valence-corrected chi connectivity index (χ3v) is 2.18. The summed E-state index contributed by atoms with van der Waals surface area (Å²) in [6.45, 7) is 7.24. The third-order valence-electron chi connectivity index (χ3n) is 2.18. The Labute approximate surface area is 98.8 Å². The van der Waals surface area contributed by atoms with Gasteiger partial charge in [0.2, 0.25) is 5.88 Å². The zero-order valence-corrected chi connectivity index (χ0v) is 10.3. The van der Waals surface area contributed by atoms with Gasteiger partial charge >= 0.3 is 6.18 Å². The zero-order chi connectivity index (χ0) is 13.2. The molecule has 0 aliphatic carbocycles. The molecule has 1 rings (SSSR count). The number of alkyl halides is 3. The number of pyridine rings is 1. The molecule has 2 nitrogen and oxygen atoms in total. The van der Waals surface area contributed by atoms with Crippen molar-refractivity contribution in [1.82, 2.24) is 4.98 Å². The van der Waals surface area contributed by atoms with Crippen LogP contribution in [-0.4, -0.2) is 11.1 Å². The second-order valence-electron chi connectivity index (χ2n) is 4.44. The highest BCUT2D eigenvalue weighted by Gasteiger charge is 2.32. The summed E-state index contributed by atoms with van der Waals surface area (Å²) in [5.74, 6) is 0.210. The van der Waals surface area contributed by atoms with E-state index in [1.807, 2.05) is 27.7 Å². The number of ether oxygens (including phenoxy) is 1. The average molecular weight is 247 g/mol. The quantitative estimate of drug-likeness (QED) is 0.805. The van der Waals surface area contributed by atoms with Crippen molar-refractivity contribution < 1.29 is 17.9 Å². The minimum atomic E-state index is -4.37. The molecule has 96 valence electrons. The van der Waals surface area contributed by atoms with Gasteiger partial charge in [-0.2, -0.15) is 13.2 Å². The highest BCUT2D eigenvalue weighted by molar-refractivity contribution is 5.33. The van der Waals surface area contributed by atoms with Gasteiger partial charge in [0.25, 0.3) is 0 Å². The molecule has 0 aromatic carbocycles. The van der Waals surface area contributed by atoms with Crippen LogP contribution >= 0.6 is 0 Å². The maximum atomic E-state index is 12.5. The molecule has 0 bridgehead atoms. The van der Waals surface area contributed by atoms with Crippen LogP contribution in [0.15, 0.2) is 12.3 Å². The fourth-order valence-electron chi connectivity index (χ4n) is 1.36. The fourth-order valence-corrected chi connectivity index (χ4v) is 1.36. The lowest BCUT2D eigenvalue weighted by Crippen LogP contribution is -2.12. The van der Waals surface area contributed by atoms with Gasteiger partial charge in [-0.15, -0.1) is 0 Å². The Balaban J connectivity index is 3.18. The van der Waals surface area contributed by atoms with Crippen LogP contribution in [0.5, 0.6) is 5.88 Å². The molecule has 0 spiro atoms. The van der Waals surface area contributed by atoms with Gasteiger partial charge in [0.05, 0.1) is 11.7 Å².